The van der Waals surface area contributed by atoms with Gasteiger partial charge in [-0.1, -0.05) is 197 Å². The summed E-state index contributed by atoms with van der Waals surface area (Å²) >= 11 is 0. The molecule has 10 aromatic rings. The Hall–Kier alpha value is -6.50. The summed E-state index contributed by atoms with van der Waals surface area (Å²) in [4.78, 5) is 0. The molecule has 0 aliphatic rings. The molecule has 0 bridgehead atoms. The molecule has 0 aliphatic heterocycles. The van der Waals surface area contributed by atoms with Crippen LogP contribution in [-0.4, -0.2) is 0 Å². The molecular formula is C56H46. The lowest BCUT2D eigenvalue weighted by Gasteiger charge is -2.20. The summed E-state index contributed by atoms with van der Waals surface area (Å²) in [5.74, 6) is 0. The van der Waals surface area contributed by atoms with Gasteiger partial charge in [0.2, 0.25) is 0 Å². The summed E-state index contributed by atoms with van der Waals surface area (Å²) in [6, 6.07) is 67.2. The molecule has 0 heteroatoms. The van der Waals surface area contributed by atoms with Gasteiger partial charge < -0.3 is 0 Å². The lowest BCUT2D eigenvalue weighted by atomic mass is 9.83. The first-order valence-electron chi connectivity index (χ1n) is 20.1. The van der Waals surface area contributed by atoms with Crippen molar-refractivity contribution in [2.75, 3.05) is 0 Å². The van der Waals surface area contributed by atoms with E-state index in [4.69, 9.17) is 0 Å². The largest absolute Gasteiger partial charge is 0.0654 e. The summed E-state index contributed by atoms with van der Waals surface area (Å²) in [5.41, 5.74) is 12.7. The van der Waals surface area contributed by atoms with Crippen molar-refractivity contribution in [1.82, 2.24) is 0 Å². The lowest BCUT2D eigenvalue weighted by molar-refractivity contribution is 0.886. The third kappa shape index (κ3) is 6.12. The molecule has 0 fully saturated rings. The van der Waals surface area contributed by atoms with Gasteiger partial charge in [-0.2, -0.15) is 0 Å². The Kier molecular flexibility index (Phi) is 9.41. The summed E-state index contributed by atoms with van der Waals surface area (Å²) < 4.78 is 0. The first-order chi connectivity index (χ1) is 27.6. The van der Waals surface area contributed by atoms with Crippen molar-refractivity contribution >= 4 is 53.9 Å². The fourth-order valence-electron chi connectivity index (χ4n) is 8.74. The molecular weight excluding hydrogens is 673 g/mol. The lowest BCUT2D eigenvalue weighted by Crippen LogP contribution is -1.94. The quantitative estimate of drug-likeness (QED) is 0.123. The van der Waals surface area contributed by atoms with Crippen molar-refractivity contribution < 1.29 is 0 Å². The minimum Gasteiger partial charge on any atom is -0.0654 e. The summed E-state index contributed by atoms with van der Waals surface area (Å²) in [6.45, 7) is 8.92. The van der Waals surface area contributed by atoms with Gasteiger partial charge in [0.15, 0.2) is 0 Å². The molecule has 0 unspecified atom stereocenters. The molecule has 0 aromatic heterocycles. The maximum absolute atomic E-state index is 2.41. The first kappa shape index (κ1) is 35.2. The first-order valence-corrected chi connectivity index (χ1v) is 20.1. The highest BCUT2D eigenvalue weighted by Gasteiger charge is 2.19. The Balaban J connectivity index is 0.000000980. The highest BCUT2D eigenvalue weighted by molar-refractivity contribution is 6.22. The molecule has 0 radical (unpaired) electrons. The second kappa shape index (κ2) is 15.0. The topological polar surface area (TPSA) is 0 Å². The predicted octanol–water partition coefficient (Wildman–Crippen LogP) is 16.5. The van der Waals surface area contributed by atoms with Crippen molar-refractivity contribution in [2.24, 2.45) is 0 Å². The number of unbranched alkanes of at least 4 members (excludes halogenated alkanes) is 1. The van der Waals surface area contributed by atoms with E-state index < -0.39 is 0 Å². The van der Waals surface area contributed by atoms with Crippen LogP contribution in [-0.2, 0) is 0 Å². The van der Waals surface area contributed by atoms with Crippen LogP contribution in [0.15, 0.2) is 182 Å². The maximum Gasteiger partial charge on any atom is -0.00262 e. The van der Waals surface area contributed by atoms with Crippen LogP contribution in [0, 0.1) is 13.8 Å². The molecule has 0 saturated carbocycles. The van der Waals surface area contributed by atoms with Crippen LogP contribution < -0.4 is 0 Å². The average molecular weight is 719 g/mol. The number of benzene rings is 10. The summed E-state index contributed by atoms with van der Waals surface area (Å²) in [6.07, 6.45) is 2.64. The third-order valence-electron chi connectivity index (χ3n) is 11.6. The minimum atomic E-state index is 1.23. The Labute approximate surface area is 330 Å². The third-order valence-corrected chi connectivity index (χ3v) is 11.6. The van der Waals surface area contributed by atoms with Crippen molar-refractivity contribution in [3.05, 3.63) is 193 Å². The van der Waals surface area contributed by atoms with Gasteiger partial charge in [-0.05, 0) is 135 Å². The molecule has 0 nitrogen and oxygen atoms in total. The smallest absolute Gasteiger partial charge is 0.00262 e. The van der Waals surface area contributed by atoms with Gasteiger partial charge in [-0.15, -0.1) is 0 Å². The van der Waals surface area contributed by atoms with Crippen molar-refractivity contribution in [3.8, 4) is 44.5 Å². The maximum atomic E-state index is 2.41. The van der Waals surface area contributed by atoms with Gasteiger partial charge in [0.05, 0.1) is 0 Å². The Morgan fingerprint density at radius 3 is 1.30 bits per heavy atom. The molecule has 270 valence electrons. The van der Waals surface area contributed by atoms with Crippen molar-refractivity contribution in [3.63, 3.8) is 0 Å². The van der Waals surface area contributed by atoms with Crippen LogP contribution >= 0.6 is 0 Å². The molecule has 0 amide bonds. The zero-order valence-corrected chi connectivity index (χ0v) is 32.7. The fourth-order valence-corrected chi connectivity index (χ4v) is 8.74. The van der Waals surface area contributed by atoms with E-state index in [9.17, 15) is 0 Å². The summed E-state index contributed by atoms with van der Waals surface area (Å²) in [5, 5.41) is 12.8. The Morgan fingerprint density at radius 1 is 0.304 bits per heavy atom. The Bertz CT molecular complexity index is 3010. The van der Waals surface area contributed by atoms with Gasteiger partial charge in [-0.25, -0.2) is 0 Å². The molecule has 0 atom stereocenters. The molecule has 0 aliphatic carbocycles. The van der Waals surface area contributed by atoms with Crippen molar-refractivity contribution in [2.45, 2.75) is 40.5 Å². The average Bonchev–Trinajstić information content (AvgIpc) is 3.26. The predicted molar refractivity (Wildman–Crippen MR) is 246 cm³/mol. The molecule has 10 aromatic carbocycles. The van der Waals surface area contributed by atoms with E-state index in [2.05, 4.69) is 210 Å². The monoisotopic (exact) mass is 718 g/mol. The zero-order valence-electron chi connectivity index (χ0n) is 32.7. The van der Waals surface area contributed by atoms with Gasteiger partial charge in [0.1, 0.15) is 0 Å². The van der Waals surface area contributed by atoms with E-state index in [1.54, 1.807) is 0 Å². The van der Waals surface area contributed by atoms with Gasteiger partial charge in [-0.3, -0.25) is 0 Å². The number of hydrogen-bond donors (Lipinski definition) is 0. The second-order valence-corrected chi connectivity index (χ2v) is 15.1. The highest BCUT2D eigenvalue weighted by Crippen LogP contribution is 2.46. The van der Waals surface area contributed by atoms with Gasteiger partial charge >= 0.3 is 0 Å². The van der Waals surface area contributed by atoms with E-state index >= 15 is 0 Å². The minimum absolute atomic E-state index is 1.23. The molecule has 56 heavy (non-hydrogen) atoms. The normalized spacial score (nSPS) is 11.4. The van der Waals surface area contributed by atoms with Gasteiger partial charge in [0.25, 0.3) is 0 Å². The fraction of sp³-hybridized carbons (Fsp3) is 0.107. The van der Waals surface area contributed by atoms with Gasteiger partial charge in [0, 0.05) is 0 Å². The standard InChI is InChI=1S/C52H36.C4H10/c1-33-30-40(28-29-41(33)50-34(2)42-18-5-6-19-43(42)44-20-7-8-21-45(44)50)52-48-24-11-9-22-46(48)51(47-23-10-12-25-49(47)52)39-17-13-16-37(32-39)38-27-26-35-14-3-4-15-36(35)31-38;1-3-4-2/h3-32H,1-2H3;3-4H2,1-2H3. The molecule has 0 spiro atoms. The number of aryl methyl sites for hydroxylation is 2. The van der Waals surface area contributed by atoms with Crippen LogP contribution in [0.25, 0.3) is 98.4 Å². The number of fused-ring (bicyclic) bond motifs is 6. The van der Waals surface area contributed by atoms with E-state index in [1.165, 1.54) is 122 Å². The van der Waals surface area contributed by atoms with Crippen LogP contribution in [0.3, 0.4) is 0 Å². The number of rotatable bonds is 5. The molecule has 0 N–H and O–H groups in total. The van der Waals surface area contributed by atoms with Crippen LogP contribution in [0.4, 0.5) is 0 Å². The van der Waals surface area contributed by atoms with Crippen LogP contribution in [0.1, 0.15) is 37.8 Å². The van der Waals surface area contributed by atoms with E-state index in [0.717, 1.165) is 0 Å². The van der Waals surface area contributed by atoms with Crippen LogP contribution in [0.5, 0.6) is 0 Å². The molecule has 0 saturated heterocycles. The Morgan fingerprint density at radius 2 is 0.732 bits per heavy atom. The van der Waals surface area contributed by atoms with Crippen LogP contribution in [0.2, 0.25) is 0 Å². The summed E-state index contributed by atoms with van der Waals surface area (Å²) in [7, 11) is 0. The van der Waals surface area contributed by atoms with Crippen molar-refractivity contribution in [1.29, 1.82) is 0 Å². The molecule has 10 rings (SSSR count). The SMILES string of the molecule is CCCC.Cc1cc(-c2c3ccccc3c(-c3cccc(-c4ccc5ccccc5c4)c3)c3ccccc23)ccc1-c1c(C)c2ccccc2c2ccccc12. The number of hydrogen-bond acceptors (Lipinski definition) is 0. The zero-order chi connectivity index (χ0) is 38.2. The highest BCUT2D eigenvalue weighted by atomic mass is 14.2. The second-order valence-electron chi connectivity index (χ2n) is 15.1. The van der Waals surface area contributed by atoms with E-state index in [0.29, 0.717) is 0 Å². The molecule has 0 heterocycles. The van der Waals surface area contributed by atoms with E-state index in [1.807, 2.05) is 0 Å². The van der Waals surface area contributed by atoms with E-state index in [-0.39, 0.29) is 0 Å².